The van der Waals surface area contributed by atoms with E-state index < -0.39 is 0 Å². The van der Waals surface area contributed by atoms with Gasteiger partial charge in [-0.2, -0.15) is 0 Å². The first-order chi connectivity index (χ1) is 7.27. The maximum atomic E-state index is 11.1. The second-order valence-electron chi connectivity index (χ2n) is 3.68. The maximum absolute atomic E-state index is 11.1. The molecule has 1 radical (unpaired) electrons. The second kappa shape index (κ2) is 4.45. The molecule has 3 heteroatoms. The van der Waals surface area contributed by atoms with Gasteiger partial charge in [0.15, 0.2) is 5.78 Å². The number of nitrogens with one attached hydrogen (secondary N) is 1. The molecular weight excluding hydrogens is 188 g/mol. The number of rotatable bonds is 2. The van der Waals surface area contributed by atoms with Gasteiger partial charge in [-0.25, -0.2) is 0 Å². The van der Waals surface area contributed by atoms with Crippen LogP contribution in [0.4, 0.5) is 5.69 Å². The molecule has 0 aromatic heterocycles. The molecule has 1 aromatic carbocycles. The van der Waals surface area contributed by atoms with Gasteiger partial charge in [0.25, 0.3) is 0 Å². The van der Waals surface area contributed by atoms with Crippen LogP contribution in [-0.4, -0.2) is 25.4 Å². The van der Waals surface area contributed by atoms with Crippen molar-refractivity contribution >= 4 is 11.5 Å². The molecule has 1 saturated heterocycles. The Morgan fingerprint density at radius 1 is 1.33 bits per heavy atom. The topological polar surface area (TPSA) is 32.3 Å². The van der Waals surface area contributed by atoms with Crippen LogP contribution in [0.1, 0.15) is 17.3 Å². The molecule has 0 aliphatic carbocycles. The molecule has 3 nitrogen and oxygen atoms in total. The van der Waals surface area contributed by atoms with Crippen LogP contribution in [0.3, 0.4) is 0 Å². The first-order valence-corrected chi connectivity index (χ1v) is 5.19. The number of nitrogens with zero attached hydrogens (tertiary/aromatic N) is 1. The predicted molar refractivity (Wildman–Crippen MR) is 61.0 cm³/mol. The number of hydrogen-bond acceptors (Lipinski definition) is 3. The van der Waals surface area contributed by atoms with E-state index in [-0.39, 0.29) is 5.78 Å². The van der Waals surface area contributed by atoms with Crippen molar-refractivity contribution in [3.05, 3.63) is 36.4 Å². The molecule has 0 amide bonds. The zero-order chi connectivity index (χ0) is 10.7. The zero-order valence-electron chi connectivity index (χ0n) is 8.86. The van der Waals surface area contributed by atoms with Gasteiger partial charge < -0.3 is 10.2 Å². The highest BCUT2D eigenvalue weighted by Gasteiger charge is 2.10. The maximum Gasteiger partial charge on any atom is 0.159 e. The molecule has 0 saturated carbocycles. The monoisotopic (exact) mass is 203 g/mol. The van der Waals surface area contributed by atoms with Crippen LogP contribution >= 0.6 is 0 Å². The van der Waals surface area contributed by atoms with Gasteiger partial charge in [0.2, 0.25) is 0 Å². The van der Waals surface area contributed by atoms with Crippen molar-refractivity contribution in [2.24, 2.45) is 0 Å². The molecule has 0 spiro atoms. The number of piperazine rings is 1. The Balaban J connectivity index is 2.11. The van der Waals surface area contributed by atoms with E-state index in [4.69, 9.17) is 0 Å². The molecular formula is C12H15N2O. The van der Waals surface area contributed by atoms with Gasteiger partial charge in [-0.05, 0) is 31.2 Å². The summed E-state index contributed by atoms with van der Waals surface area (Å²) < 4.78 is 0. The molecule has 0 bridgehead atoms. The molecule has 1 heterocycles. The van der Waals surface area contributed by atoms with Gasteiger partial charge in [-0.1, -0.05) is 0 Å². The third-order valence-corrected chi connectivity index (χ3v) is 2.59. The Morgan fingerprint density at radius 2 is 2.07 bits per heavy atom. The van der Waals surface area contributed by atoms with Crippen LogP contribution < -0.4 is 10.2 Å². The summed E-state index contributed by atoms with van der Waals surface area (Å²) in [6, 6.07) is 7.76. The summed E-state index contributed by atoms with van der Waals surface area (Å²) in [4.78, 5) is 13.3. The van der Waals surface area contributed by atoms with Crippen LogP contribution in [0.15, 0.2) is 24.3 Å². The fraction of sp³-hybridized carbons (Fsp3) is 0.333. The number of Topliss-reactive ketones (excluding diaryl/α,β-unsaturated/α-hetero) is 1. The van der Waals surface area contributed by atoms with E-state index in [0.717, 1.165) is 30.9 Å². The minimum absolute atomic E-state index is 0.117. The summed E-state index contributed by atoms with van der Waals surface area (Å²) >= 11 is 0. The molecule has 15 heavy (non-hydrogen) atoms. The molecule has 2 rings (SSSR count). The fourth-order valence-electron chi connectivity index (χ4n) is 1.69. The summed E-state index contributed by atoms with van der Waals surface area (Å²) in [6.45, 7) is 6.62. The van der Waals surface area contributed by atoms with E-state index in [1.807, 2.05) is 24.3 Å². The van der Waals surface area contributed by atoms with Crippen LogP contribution in [-0.2, 0) is 0 Å². The van der Waals surface area contributed by atoms with Gasteiger partial charge in [-0.3, -0.25) is 4.79 Å². The first-order valence-electron chi connectivity index (χ1n) is 5.19. The van der Waals surface area contributed by atoms with E-state index in [0.29, 0.717) is 0 Å². The highest BCUT2D eigenvalue weighted by atomic mass is 16.1. The van der Waals surface area contributed by atoms with E-state index in [1.54, 1.807) is 6.92 Å². The molecule has 1 aromatic rings. The average Bonchev–Trinajstić information content (AvgIpc) is 2.30. The summed E-state index contributed by atoms with van der Waals surface area (Å²) in [6.07, 6.45) is 0. The molecule has 1 fully saturated rings. The SMILES string of the molecule is CC(=O)c1ccc(N2[CH]CNCC2)cc1. The van der Waals surface area contributed by atoms with E-state index in [2.05, 4.69) is 16.8 Å². The fourth-order valence-corrected chi connectivity index (χ4v) is 1.69. The Kier molecular flexibility index (Phi) is 3.02. The van der Waals surface area contributed by atoms with Crippen LogP contribution in [0, 0.1) is 6.54 Å². The van der Waals surface area contributed by atoms with Crippen LogP contribution in [0.25, 0.3) is 0 Å². The van der Waals surface area contributed by atoms with Gasteiger partial charge >= 0.3 is 0 Å². The van der Waals surface area contributed by atoms with E-state index in [1.165, 1.54) is 0 Å². The Morgan fingerprint density at radius 3 is 2.60 bits per heavy atom. The minimum Gasteiger partial charge on any atom is -0.364 e. The average molecular weight is 203 g/mol. The minimum atomic E-state index is 0.117. The van der Waals surface area contributed by atoms with Gasteiger partial charge in [0, 0.05) is 30.9 Å². The van der Waals surface area contributed by atoms with Gasteiger partial charge in [0.1, 0.15) is 0 Å². The highest BCUT2D eigenvalue weighted by Crippen LogP contribution is 2.17. The Labute approximate surface area is 90.1 Å². The molecule has 1 N–H and O–H groups in total. The van der Waals surface area contributed by atoms with Crippen molar-refractivity contribution in [3.63, 3.8) is 0 Å². The molecule has 0 unspecified atom stereocenters. The number of anilines is 1. The number of hydrogen-bond donors (Lipinski definition) is 1. The molecule has 1 aliphatic heterocycles. The van der Waals surface area contributed by atoms with Crippen LogP contribution in [0.2, 0.25) is 0 Å². The normalized spacial score (nSPS) is 16.5. The summed E-state index contributed by atoms with van der Waals surface area (Å²) in [7, 11) is 0. The van der Waals surface area contributed by atoms with E-state index in [9.17, 15) is 4.79 Å². The quantitative estimate of drug-likeness (QED) is 0.739. The predicted octanol–water partition coefficient (Wildman–Crippen LogP) is 1.46. The van der Waals surface area contributed by atoms with E-state index >= 15 is 0 Å². The molecule has 79 valence electrons. The number of carbonyl (C=O) groups excluding carboxylic acids is 1. The van der Waals surface area contributed by atoms with Gasteiger partial charge in [0.05, 0.1) is 6.54 Å². The molecule has 0 atom stereocenters. The van der Waals surface area contributed by atoms with Crippen molar-refractivity contribution in [1.82, 2.24) is 5.32 Å². The zero-order valence-corrected chi connectivity index (χ0v) is 8.86. The summed E-state index contributed by atoms with van der Waals surface area (Å²) in [5.41, 5.74) is 1.93. The van der Waals surface area contributed by atoms with Crippen molar-refractivity contribution in [2.45, 2.75) is 6.92 Å². The van der Waals surface area contributed by atoms with Crippen molar-refractivity contribution < 1.29 is 4.79 Å². The Hall–Kier alpha value is -1.35. The molecule has 1 aliphatic rings. The van der Waals surface area contributed by atoms with Crippen molar-refractivity contribution in [1.29, 1.82) is 0 Å². The number of carbonyl (C=O) groups is 1. The lowest BCUT2D eigenvalue weighted by Gasteiger charge is -2.28. The third kappa shape index (κ3) is 2.36. The number of benzene rings is 1. The first kappa shape index (κ1) is 10.2. The van der Waals surface area contributed by atoms with Crippen LogP contribution in [0.5, 0.6) is 0 Å². The second-order valence-corrected chi connectivity index (χ2v) is 3.68. The lowest BCUT2D eigenvalue weighted by molar-refractivity contribution is 0.101. The lowest BCUT2D eigenvalue weighted by Crippen LogP contribution is -2.39. The lowest BCUT2D eigenvalue weighted by atomic mass is 10.1. The Bertz CT molecular complexity index is 339. The summed E-state index contributed by atoms with van der Waals surface area (Å²) in [5.74, 6) is 0.117. The van der Waals surface area contributed by atoms with Crippen molar-refractivity contribution in [3.8, 4) is 0 Å². The third-order valence-electron chi connectivity index (χ3n) is 2.59. The van der Waals surface area contributed by atoms with Crippen molar-refractivity contribution in [2.75, 3.05) is 24.5 Å². The summed E-state index contributed by atoms with van der Waals surface area (Å²) in [5, 5.41) is 3.26. The smallest absolute Gasteiger partial charge is 0.159 e. The largest absolute Gasteiger partial charge is 0.364 e. The highest BCUT2D eigenvalue weighted by molar-refractivity contribution is 5.94. The number of ketones is 1. The van der Waals surface area contributed by atoms with Gasteiger partial charge in [-0.15, -0.1) is 0 Å². The standard InChI is InChI=1S/C12H15N2O/c1-10(15)11-2-4-12(5-3-11)14-8-6-13-7-9-14/h2-5,8,13H,6-7,9H2,1H3.